The molecule has 1 aromatic carbocycles. The van der Waals surface area contributed by atoms with Gasteiger partial charge in [0, 0.05) is 37.7 Å². The molecule has 170 valence electrons. The Kier molecular flexibility index (Phi) is 5.37. The van der Waals surface area contributed by atoms with Crippen LogP contribution in [0.4, 0.5) is 36.3 Å². The number of halogens is 3. The number of fused-ring (bicyclic) bond motifs is 1. The van der Waals surface area contributed by atoms with Crippen molar-refractivity contribution in [2.45, 2.75) is 37.6 Å². The molecule has 2 saturated heterocycles. The van der Waals surface area contributed by atoms with Gasteiger partial charge in [-0.1, -0.05) is 0 Å². The molecule has 0 aliphatic carbocycles. The number of nitrogens with one attached hydrogen (secondary N) is 4. The van der Waals surface area contributed by atoms with E-state index < -0.39 is 29.4 Å². The number of rotatable bonds is 5. The Hall–Kier alpha value is -3.28. The lowest BCUT2D eigenvalue weighted by atomic mass is 10.1. The second-order valence-corrected chi connectivity index (χ2v) is 7.98. The summed E-state index contributed by atoms with van der Waals surface area (Å²) in [6.45, 7) is 1.46. The molecule has 5 rings (SSSR count). The zero-order valence-electron chi connectivity index (χ0n) is 17.0. The first-order valence-electron chi connectivity index (χ1n) is 10.4. The van der Waals surface area contributed by atoms with E-state index in [-0.39, 0.29) is 18.0 Å². The summed E-state index contributed by atoms with van der Waals surface area (Å²) in [4.78, 5) is 22.2. The molecule has 4 N–H and O–H groups in total. The first-order chi connectivity index (χ1) is 15.5. The fourth-order valence-corrected chi connectivity index (χ4v) is 4.17. The summed E-state index contributed by atoms with van der Waals surface area (Å²) in [5, 5.41) is 12.0. The van der Waals surface area contributed by atoms with E-state index in [2.05, 4.69) is 31.2 Å². The lowest BCUT2D eigenvalue weighted by Gasteiger charge is -2.32. The van der Waals surface area contributed by atoms with Crippen molar-refractivity contribution in [1.82, 2.24) is 15.3 Å². The summed E-state index contributed by atoms with van der Waals surface area (Å²) in [5.74, 6) is -2.10. The first kappa shape index (κ1) is 20.6. The predicted molar refractivity (Wildman–Crippen MR) is 111 cm³/mol. The number of carbonyl (C=O) groups is 1. The quantitative estimate of drug-likeness (QED) is 0.550. The minimum Gasteiger partial charge on any atom is -0.379 e. The van der Waals surface area contributed by atoms with Crippen molar-refractivity contribution in [3.8, 4) is 0 Å². The Labute approximate surface area is 181 Å². The molecule has 0 spiro atoms. The van der Waals surface area contributed by atoms with Gasteiger partial charge in [0.1, 0.15) is 11.5 Å². The molecule has 2 aromatic rings. The second-order valence-electron chi connectivity index (χ2n) is 7.98. The molecule has 0 saturated carbocycles. The summed E-state index contributed by atoms with van der Waals surface area (Å²) >= 11 is 0. The maximum absolute atomic E-state index is 14.3. The molecule has 1 unspecified atom stereocenters. The minimum absolute atomic E-state index is 0.000273. The molecule has 1 amide bonds. The summed E-state index contributed by atoms with van der Waals surface area (Å²) in [6.07, 6.45) is 2.64. The smallest absolute Gasteiger partial charge is 0.225 e. The molecule has 2 fully saturated rings. The van der Waals surface area contributed by atoms with Crippen LogP contribution in [-0.2, 0) is 9.53 Å². The van der Waals surface area contributed by atoms with E-state index in [9.17, 15) is 18.0 Å². The first-order valence-corrected chi connectivity index (χ1v) is 10.4. The van der Waals surface area contributed by atoms with Crippen LogP contribution in [0, 0.1) is 17.5 Å². The van der Waals surface area contributed by atoms with Gasteiger partial charge in [0.25, 0.3) is 0 Å². The molecule has 3 aliphatic rings. The van der Waals surface area contributed by atoms with E-state index in [0.29, 0.717) is 68.6 Å². The average molecular weight is 449 g/mol. The molecule has 4 heterocycles. The second kappa shape index (κ2) is 8.34. The normalized spacial score (nSPS) is 24.7. The molecular formula is C20H22F3N7O2. The van der Waals surface area contributed by atoms with Gasteiger partial charge in [-0.25, -0.2) is 18.2 Å². The summed E-state index contributed by atoms with van der Waals surface area (Å²) < 4.78 is 47.4. The van der Waals surface area contributed by atoms with Gasteiger partial charge in [-0.2, -0.15) is 4.98 Å². The number of piperidine rings is 1. The number of aromatic nitrogens is 2. The number of anilines is 4. The Morgan fingerprint density at radius 1 is 1.16 bits per heavy atom. The van der Waals surface area contributed by atoms with Crippen molar-refractivity contribution >= 4 is 29.0 Å². The lowest BCUT2D eigenvalue weighted by molar-refractivity contribution is -0.122. The van der Waals surface area contributed by atoms with Crippen LogP contribution in [0.15, 0.2) is 18.3 Å². The molecule has 32 heavy (non-hydrogen) atoms. The largest absolute Gasteiger partial charge is 0.379 e. The van der Waals surface area contributed by atoms with Crippen molar-refractivity contribution in [2.24, 2.45) is 0 Å². The van der Waals surface area contributed by atoms with Crippen molar-refractivity contribution < 1.29 is 22.7 Å². The van der Waals surface area contributed by atoms with Crippen molar-refractivity contribution in [3.63, 3.8) is 0 Å². The van der Waals surface area contributed by atoms with Crippen LogP contribution in [0.2, 0.25) is 0 Å². The topological polar surface area (TPSA) is 103 Å². The van der Waals surface area contributed by atoms with Crippen molar-refractivity contribution in [2.75, 3.05) is 40.6 Å². The summed E-state index contributed by atoms with van der Waals surface area (Å²) in [5.41, 5.74) is 0.143. The van der Waals surface area contributed by atoms with Crippen LogP contribution in [0.25, 0.3) is 0 Å². The van der Waals surface area contributed by atoms with Crippen LogP contribution >= 0.6 is 0 Å². The monoisotopic (exact) mass is 449 g/mol. The number of hydrogen-bond acceptors (Lipinski definition) is 8. The highest BCUT2D eigenvalue weighted by molar-refractivity contribution is 5.77. The molecule has 3 atom stereocenters. The average Bonchev–Trinajstić information content (AvgIpc) is 3.39. The van der Waals surface area contributed by atoms with Gasteiger partial charge in [-0.15, -0.1) is 0 Å². The number of hydrogen-bond donors (Lipinski definition) is 4. The van der Waals surface area contributed by atoms with Crippen LogP contribution < -0.4 is 26.2 Å². The van der Waals surface area contributed by atoms with E-state index in [4.69, 9.17) is 4.74 Å². The highest BCUT2D eigenvalue weighted by atomic mass is 19.1. The molecule has 0 bridgehead atoms. The van der Waals surface area contributed by atoms with E-state index in [0.717, 1.165) is 0 Å². The molecule has 0 radical (unpaired) electrons. The fraction of sp³-hybridized carbons (Fsp3) is 0.450. The van der Waals surface area contributed by atoms with Crippen molar-refractivity contribution in [1.29, 1.82) is 0 Å². The van der Waals surface area contributed by atoms with Gasteiger partial charge in [-0.3, -0.25) is 4.79 Å². The van der Waals surface area contributed by atoms with Gasteiger partial charge in [0.15, 0.2) is 23.7 Å². The summed E-state index contributed by atoms with van der Waals surface area (Å²) in [6, 6.07) is 1.16. The maximum Gasteiger partial charge on any atom is 0.225 e. The number of amides is 1. The van der Waals surface area contributed by atoms with Crippen molar-refractivity contribution in [3.05, 3.63) is 35.8 Å². The van der Waals surface area contributed by atoms with Crippen LogP contribution in [0.3, 0.4) is 0 Å². The molecule has 9 nitrogen and oxygen atoms in total. The number of nitrogens with zero attached hydrogens (tertiary/aromatic N) is 3. The number of carbonyl (C=O) groups excluding carboxylic acids is 1. The molecular weight excluding hydrogens is 427 g/mol. The van der Waals surface area contributed by atoms with Gasteiger partial charge in [0.2, 0.25) is 11.9 Å². The molecule has 12 heteroatoms. The third-order valence-electron chi connectivity index (χ3n) is 5.77. The highest BCUT2D eigenvalue weighted by Crippen LogP contribution is 2.37. The Balaban J connectivity index is 1.41. The fourth-order valence-electron chi connectivity index (χ4n) is 4.17. The van der Waals surface area contributed by atoms with Gasteiger partial charge in [0.05, 0.1) is 24.5 Å². The standard InChI is InChI=1S/C20H22F3N7O2/c21-10-5-13(22)17(14(23)6-10)28-20-27-15-8-25-19(26-11-1-2-16(31)24-7-11)29-18(15)30(20)12-3-4-32-9-12/h5-6,8,11-12,20,27-28H,1-4,7,9H2,(H,24,31)(H,25,26,29)/t11-,12+,20?/m1/s1. The van der Waals surface area contributed by atoms with E-state index in [1.54, 1.807) is 6.20 Å². The summed E-state index contributed by atoms with van der Waals surface area (Å²) in [7, 11) is 0. The van der Waals surface area contributed by atoms with Crippen LogP contribution in [0.1, 0.15) is 19.3 Å². The van der Waals surface area contributed by atoms with Gasteiger partial charge in [-0.05, 0) is 12.8 Å². The third kappa shape index (κ3) is 3.97. The van der Waals surface area contributed by atoms with Gasteiger partial charge < -0.3 is 30.9 Å². The van der Waals surface area contributed by atoms with E-state index in [1.165, 1.54) is 0 Å². The lowest BCUT2D eigenvalue weighted by Crippen LogP contribution is -2.49. The third-order valence-corrected chi connectivity index (χ3v) is 5.77. The zero-order valence-corrected chi connectivity index (χ0v) is 17.0. The van der Waals surface area contributed by atoms with E-state index >= 15 is 0 Å². The Morgan fingerprint density at radius 3 is 2.66 bits per heavy atom. The minimum atomic E-state index is -1.03. The zero-order chi connectivity index (χ0) is 22.2. The molecule has 1 aromatic heterocycles. The number of benzene rings is 1. The maximum atomic E-state index is 14.3. The Morgan fingerprint density at radius 2 is 1.97 bits per heavy atom. The highest BCUT2D eigenvalue weighted by Gasteiger charge is 2.38. The molecule has 3 aliphatic heterocycles. The SMILES string of the molecule is O=C1CC[C@@H](Nc2ncc3c(n2)N([C@H]2CCOC2)C(Nc2c(F)cc(F)cc2F)N3)CN1. The van der Waals surface area contributed by atoms with Gasteiger partial charge >= 0.3 is 0 Å². The van der Waals surface area contributed by atoms with Crippen LogP contribution in [-0.4, -0.2) is 54.0 Å². The Bertz CT molecular complexity index is 1000. The number of ether oxygens (including phenoxy) is 1. The predicted octanol–water partition coefficient (Wildman–Crippen LogP) is 2.00. The van der Waals surface area contributed by atoms with E-state index in [1.807, 2.05) is 4.90 Å². The van der Waals surface area contributed by atoms with Crippen LogP contribution in [0.5, 0.6) is 0 Å².